The summed E-state index contributed by atoms with van der Waals surface area (Å²) in [5.41, 5.74) is 10.4. The van der Waals surface area contributed by atoms with E-state index in [9.17, 15) is 9.59 Å². The molecule has 0 heterocycles. The summed E-state index contributed by atoms with van der Waals surface area (Å²) in [7, 11) is 3.16. The van der Waals surface area contributed by atoms with Crippen molar-refractivity contribution >= 4 is 23.2 Å². The van der Waals surface area contributed by atoms with Gasteiger partial charge in [0.05, 0.1) is 26.2 Å². The minimum atomic E-state index is -0.420. The molecule has 4 N–H and O–H groups in total. The van der Waals surface area contributed by atoms with Gasteiger partial charge >= 0.3 is 0 Å². The van der Waals surface area contributed by atoms with E-state index in [0.29, 0.717) is 41.4 Å². The molecular weight excluding hydrogens is 372 g/mol. The Labute approximate surface area is 170 Å². The van der Waals surface area contributed by atoms with Crippen LogP contribution in [0.4, 0.5) is 5.69 Å². The molecule has 2 aromatic rings. The number of nitrogens with zero attached hydrogens (tertiary/aromatic N) is 1. The number of hydrogen-bond acceptors (Lipinski definition) is 6. The molecular formula is C21H26N4O4. The van der Waals surface area contributed by atoms with Crippen LogP contribution in [0.15, 0.2) is 47.6 Å². The number of nitrogens with two attached hydrogens (primary N) is 1. The van der Waals surface area contributed by atoms with E-state index in [1.807, 2.05) is 18.2 Å². The molecule has 2 aromatic carbocycles. The summed E-state index contributed by atoms with van der Waals surface area (Å²) < 4.78 is 10.5. The van der Waals surface area contributed by atoms with Crippen LogP contribution in [-0.2, 0) is 11.2 Å². The number of anilines is 1. The number of nitrogen functional groups attached to an aromatic ring is 1. The van der Waals surface area contributed by atoms with Crippen LogP contribution in [0.3, 0.4) is 0 Å². The third-order valence-corrected chi connectivity index (χ3v) is 4.15. The van der Waals surface area contributed by atoms with E-state index >= 15 is 0 Å². The van der Waals surface area contributed by atoms with Gasteiger partial charge in [0.2, 0.25) is 5.91 Å². The molecule has 0 radical (unpaired) electrons. The number of carbonyl (C=O) groups excluding carboxylic acids is 2. The zero-order chi connectivity index (χ0) is 21.2. The predicted molar refractivity (Wildman–Crippen MR) is 112 cm³/mol. The largest absolute Gasteiger partial charge is 0.493 e. The molecule has 0 bridgehead atoms. The molecule has 0 aliphatic carbocycles. The van der Waals surface area contributed by atoms with Gasteiger partial charge in [-0.25, -0.2) is 5.43 Å². The standard InChI is InChI=1S/C21H26N4O4/c1-14(24-25-21(27)16-6-4-5-7-17(16)22)12-20(26)23-11-10-15-8-9-18(28-2)19(13-15)29-3/h4-9,13H,10-12,22H2,1-3H3,(H,23,26)(H,25,27)/b24-14-. The average Bonchev–Trinajstić information content (AvgIpc) is 2.72. The summed E-state index contributed by atoms with van der Waals surface area (Å²) in [6.07, 6.45) is 0.725. The first-order valence-electron chi connectivity index (χ1n) is 9.10. The Kier molecular flexibility index (Phi) is 8.02. The Morgan fingerprint density at radius 1 is 1.07 bits per heavy atom. The molecule has 0 aromatic heterocycles. The maximum absolute atomic E-state index is 12.1. The molecule has 0 unspecified atom stereocenters. The first kappa shape index (κ1) is 21.7. The third kappa shape index (κ3) is 6.53. The van der Waals surface area contributed by atoms with Crippen molar-refractivity contribution in [1.29, 1.82) is 0 Å². The van der Waals surface area contributed by atoms with Gasteiger partial charge in [0.15, 0.2) is 11.5 Å². The van der Waals surface area contributed by atoms with Crippen LogP contribution in [0.2, 0.25) is 0 Å². The van der Waals surface area contributed by atoms with E-state index in [0.717, 1.165) is 5.56 Å². The molecule has 8 heteroatoms. The second-order valence-electron chi connectivity index (χ2n) is 6.34. The zero-order valence-electron chi connectivity index (χ0n) is 16.8. The number of hydrazone groups is 1. The van der Waals surface area contributed by atoms with Crippen molar-refractivity contribution in [3.05, 3.63) is 53.6 Å². The van der Waals surface area contributed by atoms with Crippen molar-refractivity contribution in [1.82, 2.24) is 10.7 Å². The van der Waals surface area contributed by atoms with Crippen LogP contribution in [0.5, 0.6) is 11.5 Å². The summed E-state index contributed by atoms with van der Waals surface area (Å²) in [4.78, 5) is 24.1. The van der Waals surface area contributed by atoms with Crippen molar-refractivity contribution in [2.24, 2.45) is 5.10 Å². The number of hydrogen-bond donors (Lipinski definition) is 3. The number of para-hydroxylation sites is 1. The second-order valence-corrected chi connectivity index (χ2v) is 6.34. The molecule has 154 valence electrons. The van der Waals surface area contributed by atoms with Gasteiger partial charge in [0.1, 0.15) is 0 Å². The minimum absolute atomic E-state index is 0.0798. The Balaban J connectivity index is 1.79. The fourth-order valence-electron chi connectivity index (χ4n) is 2.63. The zero-order valence-corrected chi connectivity index (χ0v) is 16.8. The molecule has 0 aliphatic rings. The van der Waals surface area contributed by atoms with Gasteiger partial charge in [-0.05, 0) is 43.2 Å². The molecule has 2 rings (SSSR count). The monoisotopic (exact) mass is 398 g/mol. The van der Waals surface area contributed by atoms with Crippen LogP contribution < -0.4 is 25.9 Å². The predicted octanol–water partition coefficient (Wildman–Crippen LogP) is 2.14. The highest BCUT2D eigenvalue weighted by Crippen LogP contribution is 2.27. The number of carbonyl (C=O) groups is 2. The number of methoxy groups -OCH3 is 2. The molecule has 0 atom stereocenters. The Bertz CT molecular complexity index is 896. The smallest absolute Gasteiger partial charge is 0.273 e. The van der Waals surface area contributed by atoms with E-state index in [1.54, 1.807) is 45.4 Å². The molecule has 0 aliphatic heterocycles. The normalized spacial score (nSPS) is 10.9. The SMILES string of the molecule is COc1ccc(CCNC(=O)C/C(C)=N\NC(=O)c2ccccc2N)cc1OC. The topological polar surface area (TPSA) is 115 Å². The van der Waals surface area contributed by atoms with Gasteiger partial charge < -0.3 is 20.5 Å². The summed E-state index contributed by atoms with van der Waals surface area (Å²) >= 11 is 0. The first-order valence-corrected chi connectivity index (χ1v) is 9.10. The number of ether oxygens (including phenoxy) is 2. The van der Waals surface area contributed by atoms with E-state index in [-0.39, 0.29) is 12.3 Å². The molecule has 0 spiro atoms. The maximum Gasteiger partial charge on any atom is 0.273 e. The lowest BCUT2D eigenvalue weighted by atomic mass is 10.1. The highest BCUT2D eigenvalue weighted by atomic mass is 16.5. The summed E-state index contributed by atoms with van der Waals surface area (Å²) in [5, 5.41) is 6.79. The fourth-order valence-corrected chi connectivity index (χ4v) is 2.63. The second kappa shape index (κ2) is 10.7. The number of rotatable bonds is 9. The minimum Gasteiger partial charge on any atom is -0.493 e. The third-order valence-electron chi connectivity index (χ3n) is 4.15. The number of amides is 2. The Morgan fingerprint density at radius 2 is 1.79 bits per heavy atom. The highest BCUT2D eigenvalue weighted by Gasteiger charge is 2.09. The van der Waals surface area contributed by atoms with E-state index in [2.05, 4.69) is 15.8 Å². The van der Waals surface area contributed by atoms with E-state index in [4.69, 9.17) is 15.2 Å². The van der Waals surface area contributed by atoms with Crippen LogP contribution in [0.1, 0.15) is 29.3 Å². The van der Waals surface area contributed by atoms with Gasteiger partial charge in [-0.2, -0.15) is 5.10 Å². The summed E-state index contributed by atoms with van der Waals surface area (Å²) in [6, 6.07) is 12.3. The summed E-state index contributed by atoms with van der Waals surface area (Å²) in [5.74, 6) is 0.706. The lowest BCUT2D eigenvalue weighted by Gasteiger charge is -2.10. The van der Waals surface area contributed by atoms with Crippen LogP contribution >= 0.6 is 0 Å². The molecule has 0 saturated heterocycles. The van der Waals surface area contributed by atoms with E-state index in [1.165, 1.54) is 0 Å². The molecule has 29 heavy (non-hydrogen) atoms. The van der Waals surface area contributed by atoms with Gasteiger partial charge in [-0.1, -0.05) is 18.2 Å². The van der Waals surface area contributed by atoms with E-state index < -0.39 is 5.91 Å². The molecule has 2 amide bonds. The number of benzene rings is 2. The van der Waals surface area contributed by atoms with Gasteiger partial charge in [0.25, 0.3) is 5.91 Å². The van der Waals surface area contributed by atoms with Gasteiger partial charge in [-0.3, -0.25) is 9.59 Å². The quantitative estimate of drug-likeness (QED) is 0.340. The molecule has 0 fully saturated rings. The van der Waals surface area contributed by atoms with Crippen molar-refractivity contribution in [2.75, 3.05) is 26.5 Å². The van der Waals surface area contributed by atoms with Crippen molar-refractivity contribution in [3.8, 4) is 11.5 Å². The van der Waals surface area contributed by atoms with Crippen LogP contribution in [0.25, 0.3) is 0 Å². The van der Waals surface area contributed by atoms with Crippen LogP contribution in [-0.4, -0.2) is 38.3 Å². The lowest BCUT2D eigenvalue weighted by molar-refractivity contribution is -0.119. The lowest BCUT2D eigenvalue weighted by Crippen LogP contribution is -2.28. The van der Waals surface area contributed by atoms with Gasteiger partial charge in [-0.15, -0.1) is 0 Å². The van der Waals surface area contributed by atoms with Crippen LogP contribution in [0, 0.1) is 0 Å². The average molecular weight is 398 g/mol. The first-order chi connectivity index (χ1) is 13.9. The summed E-state index contributed by atoms with van der Waals surface area (Å²) in [6.45, 7) is 2.14. The molecule has 0 saturated carbocycles. The highest BCUT2D eigenvalue weighted by molar-refractivity contribution is 6.02. The fraction of sp³-hybridized carbons (Fsp3) is 0.286. The maximum atomic E-state index is 12.1. The van der Waals surface area contributed by atoms with Crippen molar-refractivity contribution < 1.29 is 19.1 Å². The number of nitrogens with one attached hydrogen (secondary N) is 2. The Hall–Kier alpha value is -3.55. The van der Waals surface area contributed by atoms with Crippen molar-refractivity contribution in [2.45, 2.75) is 19.8 Å². The van der Waals surface area contributed by atoms with Crippen molar-refractivity contribution in [3.63, 3.8) is 0 Å². The Morgan fingerprint density at radius 3 is 2.48 bits per heavy atom. The molecule has 8 nitrogen and oxygen atoms in total. The van der Waals surface area contributed by atoms with Gasteiger partial charge in [0, 0.05) is 17.9 Å².